The number of pyridine rings is 1. The Morgan fingerprint density at radius 3 is 2.89 bits per heavy atom. The van der Waals surface area contributed by atoms with Gasteiger partial charge in [-0.1, -0.05) is 6.42 Å². The minimum atomic E-state index is -0.409. The molecule has 2 aliphatic heterocycles. The summed E-state index contributed by atoms with van der Waals surface area (Å²) in [5.41, 5.74) is 1.90. The number of ether oxygens (including phenoxy) is 1. The highest BCUT2D eigenvalue weighted by Crippen LogP contribution is 2.41. The van der Waals surface area contributed by atoms with Gasteiger partial charge in [0, 0.05) is 19.7 Å². The second-order valence-corrected chi connectivity index (χ2v) is 8.23. The number of likely N-dealkylation sites (tertiary alicyclic amines) is 1. The number of hydrogen-bond acceptors (Lipinski definition) is 4. The Morgan fingerprint density at radius 1 is 1.33 bits per heavy atom. The summed E-state index contributed by atoms with van der Waals surface area (Å²) in [5, 5.41) is 0.694. The van der Waals surface area contributed by atoms with E-state index in [2.05, 4.69) is 25.8 Å². The van der Waals surface area contributed by atoms with Gasteiger partial charge in [-0.3, -0.25) is 19.0 Å². The zero-order chi connectivity index (χ0) is 18.7. The van der Waals surface area contributed by atoms with Crippen LogP contribution in [0.1, 0.15) is 19.3 Å². The first-order valence-electron chi connectivity index (χ1n) is 9.29. The van der Waals surface area contributed by atoms with Crippen LogP contribution >= 0.6 is 15.9 Å². The van der Waals surface area contributed by atoms with Gasteiger partial charge in [0.25, 0.3) is 0 Å². The van der Waals surface area contributed by atoms with Crippen LogP contribution in [0.25, 0.3) is 21.9 Å². The predicted molar refractivity (Wildman–Crippen MR) is 105 cm³/mol. The lowest BCUT2D eigenvalue weighted by Gasteiger charge is -2.30. The molecule has 0 saturated carbocycles. The molecule has 1 aromatic carbocycles. The lowest BCUT2D eigenvalue weighted by Crippen LogP contribution is -2.41. The number of nitrogens with zero attached hydrogens (tertiary/aromatic N) is 4. The van der Waals surface area contributed by atoms with Gasteiger partial charge in [0.15, 0.2) is 0 Å². The van der Waals surface area contributed by atoms with Crippen molar-refractivity contribution in [1.82, 2.24) is 19.0 Å². The molecule has 0 bridgehead atoms. The van der Waals surface area contributed by atoms with Crippen LogP contribution in [0.4, 0.5) is 4.39 Å². The number of rotatable bonds is 2. The largest absolute Gasteiger partial charge is 0.485 e. The monoisotopic (exact) mass is 434 g/mol. The third-order valence-electron chi connectivity index (χ3n) is 5.69. The fourth-order valence-corrected chi connectivity index (χ4v) is 4.76. The second-order valence-electron chi connectivity index (χ2n) is 7.44. The molecule has 8 heteroatoms. The minimum absolute atomic E-state index is 0.0974. The second kappa shape index (κ2) is 6.31. The molecule has 2 aromatic heterocycles. The molecule has 0 spiro atoms. The van der Waals surface area contributed by atoms with E-state index < -0.39 is 5.82 Å². The SMILES string of the molecule is Cn1c(=O)n2c3c4c(c(Br)c(F)cc4ncc31)OC(CN1CCCCC1)C2. The average molecular weight is 435 g/mol. The van der Waals surface area contributed by atoms with Crippen molar-refractivity contribution in [2.45, 2.75) is 31.9 Å². The molecule has 1 atom stereocenters. The van der Waals surface area contributed by atoms with Crippen molar-refractivity contribution >= 4 is 37.9 Å². The van der Waals surface area contributed by atoms with Crippen molar-refractivity contribution in [1.29, 1.82) is 0 Å². The van der Waals surface area contributed by atoms with Crippen molar-refractivity contribution in [3.63, 3.8) is 0 Å². The van der Waals surface area contributed by atoms with Crippen LogP contribution in [0.5, 0.6) is 5.75 Å². The number of hydrogen-bond donors (Lipinski definition) is 0. The Balaban J connectivity index is 1.72. The maximum Gasteiger partial charge on any atom is 0.329 e. The van der Waals surface area contributed by atoms with E-state index in [0.717, 1.165) is 24.1 Å². The van der Waals surface area contributed by atoms with Gasteiger partial charge in [-0.15, -0.1) is 0 Å². The van der Waals surface area contributed by atoms with Crippen LogP contribution in [-0.4, -0.2) is 44.8 Å². The molecule has 1 saturated heterocycles. The maximum absolute atomic E-state index is 14.5. The summed E-state index contributed by atoms with van der Waals surface area (Å²) in [7, 11) is 1.75. The molecule has 1 unspecified atom stereocenters. The van der Waals surface area contributed by atoms with Gasteiger partial charge in [0.1, 0.15) is 17.7 Å². The van der Waals surface area contributed by atoms with Gasteiger partial charge in [-0.2, -0.15) is 0 Å². The fourth-order valence-electron chi connectivity index (χ4n) is 4.35. The molecule has 4 heterocycles. The summed E-state index contributed by atoms with van der Waals surface area (Å²) < 4.78 is 24.4. The van der Waals surface area contributed by atoms with E-state index in [9.17, 15) is 9.18 Å². The summed E-state index contributed by atoms with van der Waals surface area (Å²) >= 11 is 3.35. The highest BCUT2D eigenvalue weighted by atomic mass is 79.9. The summed E-state index contributed by atoms with van der Waals surface area (Å²) in [5.74, 6) is 0.0368. The third-order valence-corrected chi connectivity index (χ3v) is 6.43. The van der Waals surface area contributed by atoms with Gasteiger partial charge in [0.2, 0.25) is 0 Å². The summed E-state index contributed by atoms with van der Waals surface area (Å²) in [6, 6.07) is 1.39. The first-order valence-corrected chi connectivity index (χ1v) is 10.1. The molecule has 27 heavy (non-hydrogen) atoms. The Kier molecular flexibility index (Phi) is 4.01. The van der Waals surface area contributed by atoms with E-state index in [1.54, 1.807) is 22.4 Å². The lowest BCUT2D eigenvalue weighted by atomic mass is 10.1. The van der Waals surface area contributed by atoms with Gasteiger partial charge >= 0.3 is 5.69 Å². The lowest BCUT2D eigenvalue weighted by molar-refractivity contribution is 0.108. The van der Waals surface area contributed by atoms with Crippen LogP contribution in [0, 0.1) is 5.82 Å². The number of halogens is 2. The highest BCUT2D eigenvalue weighted by molar-refractivity contribution is 9.10. The minimum Gasteiger partial charge on any atom is -0.485 e. The first kappa shape index (κ1) is 17.2. The quantitative estimate of drug-likeness (QED) is 0.621. The molecule has 2 aliphatic rings. The Morgan fingerprint density at radius 2 is 2.11 bits per heavy atom. The van der Waals surface area contributed by atoms with Crippen LogP contribution in [0.15, 0.2) is 21.5 Å². The van der Waals surface area contributed by atoms with Gasteiger partial charge in [0.05, 0.1) is 39.2 Å². The van der Waals surface area contributed by atoms with E-state index in [1.807, 2.05) is 0 Å². The molecule has 6 nitrogen and oxygen atoms in total. The molecule has 142 valence electrons. The van der Waals surface area contributed by atoms with E-state index >= 15 is 0 Å². The van der Waals surface area contributed by atoms with E-state index in [0.29, 0.717) is 29.7 Å². The van der Waals surface area contributed by atoms with Crippen LogP contribution in [0.3, 0.4) is 0 Å². The van der Waals surface area contributed by atoms with Crippen molar-refractivity contribution < 1.29 is 9.13 Å². The normalized spacial score (nSPS) is 20.3. The molecule has 1 fully saturated rings. The number of benzene rings is 1. The average Bonchev–Trinajstić information content (AvgIpc) is 2.81. The summed E-state index contributed by atoms with van der Waals surface area (Å²) in [6.45, 7) is 3.23. The third kappa shape index (κ3) is 2.61. The van der Waals surface area contributed by atoms with Crippen LogP contribution < -0.4 is 10.4 Å². The fraction of sp³-hybridized carbons (Fsp3) is 0.474. The van der Waals surface area contributed by atoms with E-state index in [-0.39, 0.29) is 16.3 Å². The van der Waals surface area contributed by atoms with Crippen molar-refractivity contribution in [3.8, 4) is 5.75 Å². The molecule has 0 aliphatic carbocycles. The summed E-state index contributed by atoms with van der Waals surface area (Å²) in [4.78, 5) is 19.6. The zero-order valence-electron chi connectivity index (χ0n) is 15.0. The van der Waals surface area contributed by atoms with E-state index in [1.165, 1.54) is 25.3 Å². The van der Waals surface area contributed by atoms with Gasteiger partial charge < -0.3 is 4.74 Å². The predicted octanol–water partition coefficient (Wildman–Crippen LogP) is 3.04. The van der Waals surface area contributed by atoms with Crippen molar-refractivity contribution in [3.05, 3.63) is 33.0 Å². The highest BCUT2D eigenvalue weighted by Gasteiger charge is 2.29. The number of imidazole rings is 1. The Bertz CT molecular complexity index is 1120. The molecule has 5 rings (SSSR count). The summed E-state index contributed by atoms with van der Waals surface area (Å²) in [6.07, 6.45) is 5.02. The number of piperidine rings is 1. The topological polar surface area (TPSA) is 52.3 Å². The zero-order valence-corrected chi connectivity index (χ0v) is 16.6. The molecule has 0 amide bonds. The first-order chi connectivity index (χ1) is 13.0. The standard InChI is InChI=1S/C19H20BrFN4O2/c1-23-14-8-22-13-7-12(21)16(20)18-15(13)17(14)25(19(23)26)10-11(27-18)9-24-5-3-2-4-6-24/h7-8,11H,2-6,9-10H2,1H3. The smallest absolute Gasteiger partial charge is 0.329 e. The molecular formula is C19H20BrFN4O2. The molecular weight excluding hydrogens is 415 g/mol. The maximum atomic E-state index is 14.5. The molecule has 0 N–H and O–H groups in total. The molecule has 3 aromatic rings. The Hall–Kier alpha value is -1.93. The van der Waals surface area contributed by atoms with Crippen molar-refractivity contribution in [2.24, 2.45) is 7.05 Å². The van der Waals surface area contributed by atoms with E-state index in [4.69, 9.17) is 4.74 Å². The van der Waals surface area contributed by atoms with Gasteiger partial charge in [-0.25, -0.2) is 9.18 Å². The van der Waals surface area contributed by atoms with Gasteiger partial charge in [-0.05, 0) is 41.9 Å². The number of aryl methyl sites for hydroxylation is 1. The van der Waals surface area contributed by atoms with Crippen LogP contribution in [-0.2, 0) is 13.6 Å². The number of aromatic nitrogens is 3. The Labute approximate surface area is 163 Å². The van der Waals surface area contributed by atoms with Crippen molar-refractivity contribution in [2.75, 3.05) is 19.6 Å². The molecule has 0 radical (unpaired) electrons. The van der Waals surface area contributed by atoms with Crippen LogP contribution in [0.2, 0.25) is 0 Å².